The van der Waals surface area contributed by atoms with Crippen LogP contribution in [0.3, 0.4) is 0 Å². The molecule has 0 aliphatic heterocycles. The number of furan rings is 1. The van der Waals surface area contributed by atoms with E-state index in [4.69, 9.17) is 16.0 Å². The Balaban J connectivity index is 1.51. The van der Waals surface area contributed by atoms with Crippen molar-refractivity contribution in [1.29, 1.82) is 0 Å². The summed E-state index contributed by atoms with van der Waals surface area (Å²) >= 11 is 5.96. The van der Waals surface area contributed by atoms with E-state index in [2.05, 4.69) is 20.6 Å². The summed E-state index contributed by atoms with van der Waals surface area (Å²) in [5.74, 6) is 2.31. The third kappa shape index (κ3) is 3.95. The number of rotatable bonds is 6. The van der Waals surface area contributed by atoms with Crippen molar-refractivity contribution >= 4 is 23.3 Å². The molecule has 2 aromatic heterocycles. The summed E-state index contributed by atoms with van der Waals surface area (Å²) in [6.45, 7) is 0.490. The van der Waals surface area contributed by atoms with Crippen LogP contribution in [0.25, 0.3) is 0 Å². The second-order valence-electron chi connectivity index (χ2n) is 4.92. The minimum atomic E-state index is -0.144. The smallest absolute Gasteiger partial charge is 0.239 e. The van der Waals surface area contributed by atoms with Gasteiger partial charge in [0.2, 0.25) is 5.91 Å². The number of nitrogens with zero attached hydrogens (tertiary/aromatic N) is 2. The van der Waals surface area contributed by atoms with Gasteiger partial charge in [-0.3, -0.25) is 4.79 Å². The van der Waals surface area contributed by atoms with E-state index in [0.29, 0.717) is 29.2 Å². The maximum Gasteiger partial charge on any atom is 0.239 e. The molecule has 2 N–H and O–H groups in total. The highest BCUT2D eigenvalue weighted by molar-refractivity contribution is 6.29. The molecule has 1 amide bonds. The molecule has 0 unspecified atom stereocenters. The average Bonchev–Trinajstić information content (AvgIpc) is 3.19. The van der Waals surface area contributed by atoms with Crippen molar-refractivity contribution in [3.8, 4) is 0 Å². The molecule has 1 saturated carbocycles. The van der Waals surface area contributed by atoms with Gasteiger partial charge in [0.1, 0.15) is 22.6 Å². The highest BCUT2D eigenvalue weighted by Gasteiger charge is 2.27. The van der Waals surface area contributed by atoms with Gasteiger partial charge in [-0.2, -0.15) is 0 Å². The van der Waals surface area contributed by atoms with Crippen molar-refractivity contribution in [1.82, 2.24) is 15.3 Å². The van der Waals surface area contributed by atoms with Crippen molar-refractivity contribution < 1.29 is 9.21 Å². The zero-order chi connectivity index (χ0) is 14.7. The summed E-state index contributed by atoms with van der Waals surface area (Å²) in [5.41, 5.74) is 0. The Bertz CT molecular complexity index is 626. The molecule has 0 saturated heterocycles. The van der Waals surface area contributed by atoms with Gasteiger partial charge >= 0.3 is 0 Å². The van der Waals surface area contributed by atoms with Crippen molar-refractivity contribution in [2.24, 2.45) is 0 Å². The average molecular weight is 307 g/mol. The number of nitrogens with one attached hydrogen (secondary N) is 2. The van der Waals surface area contributed by atoms with Gasteiger partial charge in [0.25, 0.3) is 0 Å². The summed E-state index contributed by atoms with van der Waals surface area (Å²) in [7, 11) is 0. The summed E-state index contributed by atoms with van der Waals surface area (Å²) in [4.78, 5) is 20.3. The van der Waals surface area contributed by atoms with E-state index in [-0.39, 0.29) is 12.5 Å². The maximum atomic E-state index is 11.7. The van der Waals surface area contributed by atoms with Crippen molar-refractivity contribution in [2.75, 3.05) is 11.9 Å². The Hall–Kier alpha value is -2.08. The quantitative estimate of drug-likeness (QED) is 0.801. The molecule has 0 aromatic carbocycles. The number of carbonyl (C=O) groups is 1. The van der Waals surface area contributed by atoms with Crippen LogP contribution < -0.4 is 10.6 Å². The van der Waals surface area contributed by atoms with Gasteiger partial charge in [0, 0.05) is 12.0 Å². The molecule has 2 aromatic rings. The van der Waals surface area contributed by atoms with Crippen LogP contribution in [0.15, 0.2) is 28.9 Å². The Morgan fingerprint density at radius 1 is 1.43 bits per heavy atom. The summed E-state index contributed by atoms with van der Waals surface area (Å²) in [6, 6.07) is 5.20. The largest absolute Gasteiger partial charge is 0.467 e. The summed E-state index contributed by atoms with van der Waals surface area (Å²) < 4.78 is 5.14. The van der Waals surface area contributed by atoms with Crippen LogP contribution in [-0.4, -0.2) is 22.4 Å². The second kappa shape index (κ2) is 6.13. The van der Waals surface area contributed by atoms with Crippen LogP contribution in [0, 0.1) is 0 Å². The van der Waals surface area contributed by atoms with E-state index in [9.17, 15) is 4.79 Å². The topological polar surface area (TPSA) is 80.0 Å². The van der Waals surface area contributed by atoms with Crippen molar-refractivity contribution in [3.05, 3.63) is 41.2 Å². The fraction of sp³-hybridized carbons (Fsp3) is 0.357. The molecule has 0 atom stereocenters. The molecule has 1 aliphatic carbocycles. The molecule has 7 heteroatoms. The number of halogens is 1. The maximum absolute atomic E-state index is 11.7. The molecule has 21 heavy (non-hydrogen) atoms. The van der Waals surface area contributed by atoms with Crippen LogP contribution >= 0.6 is 11.6 Å². The van der Waals surface area contributed by atoms with E-state index >= 15 is 0 Å². The molecule has 6 nitrogen and oxygen atoms in total. The number of aromatic nitrogens is 2. The normalized spacial score (nSPS) is 14.0. The molecule has 1 aliphatic rings. The van der Waals surface area contributed by atoms with Crippen LogP contribution in [-0.2, 0) is 11.3 Å². The molecule has 0 bridgehead atoms. The number of amides is 1. The Kier molecular flexibility index (Phi) is 4.06. The fourth-order valence-electron chi connectivity index (χ4n) is 1.88. The molecule has 2 heterocycles. The number of hydrogen-bond donors (Lipinski definition) is 2. The molecular formula is C14H15ClN4O2. The lowest BCUT2D eigenvalue weighted by Crippen LogP contribution is -2.29. The monoisotopic (exact) mass is 306 g/mol. The Labute approximate surface area is 126 Å². The molecule has 0 spiro atoms. The Morgan fingerprint density at radius 3 is 3.00 bits per heavy atom. The van der Waals surface area contributed by atoms with E-state index in [1.807, 2.05) is 0 Å². The first-order valence-corrected chi connectivity index (χ1v) is 7.16. The van der Waals surface area contributed by atoms with E-state index < -0.39 is 0 Å². The first kappa shape index (κ1) is 13.9. The minimum Gasteiger partial charge on any atom is -0.467 e. The van der Waals surface area contributed by atoms with Gasteiger partial charge in [-0.15, -0.1) is 0 Å². The van der Waals surface area contributed by atoms with Crippen LogP contribution in [0.2, 0.25) is 5.15 Å². The lowest BCUT2D eigenvalue weighted by atomic mass is 10.4. The second-order valence-corrected chi connectivity index (χ2v) is 5.31. The van der Waals surface area contributed by atoms with E-state index in [0.717, 1.165) is 18.7 Å². The van der Waals surface area contributed by atoms with E-state index in [1.165, 1.54) is 0 Å². The number of anilines is 1. The summed E-state index contributed by atoms with van der Waals surface area (Å²) in [6.07, 6.45) is 3.77. The van der Waals surface area contributed by atoms with Gasteiger partial charge in [0.05, 0.1) is 19.4 Å². The first-order valence-electron chi connectivity index (χ1n) is 6.78. The predicted molar refractivity (Wildman–Crippen MR) is 78.1 cm³/mol. The minimum absolute atomic E-state index is 0.123. The Morgan fingerprint density at radius 2 is 2.29 bits per heavy atom. The van der Waals surface area contributed by atoms with Crippen LogP contribution in [0.5, 0.6) is 0 Å². The zero-order valence-electron chi connectivity index (χ0n) is 11.3. The molecule has 110 valence electrons. The lowest BCUT2D eigenvalue weighted by Gasteiger charge is -2.08. The molecular weight excluding hydrogens is 292 g/mol. The van der Waals surface area contributed by atoms with Gasteiger partial charge < -0.3 is 15.1 Å². The number of carbonyl (C=O) groups excluding carboxylic acids is 1. The van der Waals surface area contributed by atoms with Gasteiger partial charge in [-0.25, -0.2) is 9.97 Å². The molecule has 3 rings (SSSR count). The zero-order valence-corrected chi connectivity index (χ0v) is 12.1. The van der Waals surface area contributed by atoms with Gasteiger partial charge in [-0.1, -0.05) is 11.6 Å². The SMILES string of the molecule is O=C(CNc1cc(Cl)nc(C2CC2)n1)NCc1ccco1. The van der Waals surface area contributed by atoms with Crippen molar-refractivity contribution in [3.63, 3.8) is 0 Å². The highest BCUT2D eigenvalue weighted by Crippen LogP contribution is 2.38. The lowest BCUT2D eigenvalue weighted by molar-refractivity contribution is -0.119. The van der Waals surface area contributed by atoms with Gasteiger partial charge in [-0.05, 0) is 25.0 Å². The van der Waals surface area contributed by atoms with Crippen LogP contribution in [0.1, 0.15) is 30.3 Å². The van der Waals surface area contributed by atoms with Crippen molar-refractivity contribution in [2.45, 2.75) is 25.3 Å². The predicted octanol–water partition coefficient (Wildman–Crippen LogP) is 2.33. The molecule has 0 radical (unpaired) electrons. The number of hydrogen-bond acceptors (Lipinski definition) is 5. The van der Waals surface area contributed by atoms with Gasteiger partial charge in [0.15, 0.2) is 0 Å². The third-order valence-corrected chi connectivity index (χ3v) is 3.32. The van der Waals surface area contributed by atoms with Crippen LogP contribution in [0.4, 0.5) is 5.82 Å². The standard InChI is InChI=1S/C14H15ClN4O2/c15-11-6-12(19-14(18-11)9-3-4-9)16-8-13(20)17-7-10-2-1-5-21-10/h1-2,5-6,9H,3-4,7-8H2,(H,17,20)(H,16,18,19). The third-order valence-electron chi connectivity index (χ3n) is 3.12. The summed E-state index contributed by atoms with van der Waals surface area (Å²) in [5, 5.41) is 6.10. The van der Waals surface area contributed by atoms with E-state index in [1.54, 1.807) is 24.5 Å². The fourth-order valence-corrected chi connectivity index (χ4v) is 2.07. The molecule has 1 fully saturated rings. The highest BCUT2D eigenvalue weighted by atomic mass is 35.5. The first-order chi connectivity index (χ1) is 10.2.